The molecule has 6 heteroatoms. The molecule has 19 heavy (non-hydrogen) atoms. The first-order valence-corrected chi connectivity index (χ1v) is 6.48. The minimum absolute atomic E-state index is 0.0571. The molecule has 1 aliphatic rings. The van der Waals surface area contributed by atoms with Crippen LogP contribution in [0.25, 0.3) is 0 Å². The second-order valence-electron chi connectivity index (χ2n) is 5.11. The number of hydrogen-bond acceptors (Lipinski definition) is 4. The Morgan fingerprint density at radius 1 is 1.42 bits per heavy atom. The molecule has 0 amide bonds. The molecule has 1 heterocycles. The number of halogens is 2. The molecule has 0 bridgehead atoms. The molecule has 0 spiro atoms. The zero-order valence-electron chi connectivity index (χ0n) is 11.0. The number of ether oxygens (including phenoxy) is 1. The largest absolute Gasteiger partial charge is 0.481 e. The van der Waals surface area contributed by atoms with Crippen LogP contribution in [0.1, 0.15) is 31.4 Å². The van der Waals surface area contributed by atoms with Crippen LogP contribution in [-0.4, -0.2) is 29.0 Å². The average Bonchev–Trinajstić information content (AvgIpc) is 2.38. The third-order valence-electron chi connectivity index (χ3n) is 3.72. The molecule has 0 radical (unpaired) electrons. The molecule has 1 saturated carbocycles. The fourth-order valence-corrected chi connectivity index (χ4v) is 2.50. The van der Waals surface area contributed by atoms with E-state index >= 15 is 0 Å². The Kier molecular flexibility index (Phi) is 4.29. The van der Waals surface area contributed by atoms with Crippen LogP contribution in [0.15, 0.2) is 12.4 Å². The Morgan fingerprint density at radius 2 is 2.11 bits per heavy atom. The number of methoxy groups -OCH3 is 1. The second kappa shape index (κ2) is 5.77. The van der Waals surface area contributed by atoms with Gasteiger partial charge in [-0.05, 0) is 18.8 Å². The summed E-state index contributed by atoms with van der Waals surface area (Å²) in [5.41, 5.74) is 6.90. The van der Waals surface area contributed by atoms with E-state index in [0.717, 1.165) is 5.69 Å². The summed E-state index contributed by atoms with van der Waals surface area (Å²) in [6.07, 6.45) is 2.84. The van der Waals surface area contributed by atoms with Crippen LogP contribution in [0.3, 0.4) is 0 Å². The van der Waals surface area contributed by atoms with Crippen LogP contribution < -0.4 is 10.5 Å². The van der Waals surface area contributed by atoms with Gasteiger partial charge < -0.3 is 10.5 Å². The predicted octanol–water partition coefficient (Wildman–Crippen LogP) is 2.18. The van der Waals surface area contributed by atoms with Gasteiger partial charge in [0.2, 0.25) is 11.8 Å². The molecule has 0 aromatic carbocycles. The van der Waals surface area contributed by atoms with Crippen molar-refractivity contribution in [1.29, 1.82) is 0 Å². The Bertz CT molecular complexity index is 418. The summed E-state index contributed by atoms with van der Waals surface area (Å²) in [7, 11) is 1.54. The third kappa shape index (κ3) is 3.83. The topological polar surface area (TPSA) is 61.0 Å². The third-order valence-corrected chi connectivity index (χ3v) is 3.72. The van der Waals surface area contributed by atoms with Gasteiger partial charge in [0.05, 0.1) is 7.11 Å². The van der Waals surface area contributed by atoms with Gasteiger partial charge in [-0.1, -0.05) is 0 Å². The van der Waals surface area contributed by atoms with Crippen molar-refractivity contribution in [2.75, 3.05) is 7.11 Å². The summed E-state index contributed by atoms with van der Waals surface area (Å²) in [5.74, 6) is -1.87. The van der Waals surface area contributed by atoms with E-state index in [1.165, 1.54) is 13.4 Å². The van der Waals surface area contributed by atoms with Crippen molar-refractivity contribution in [3.8, 4) is 5.88 Å². The summed E-state index contributed by atoms with van der Waals surface area (Å²) in [5, 5.41) is 0. The average molecular weight is 271 g/mol. The van der Waals surface area contributed by atoms with E-state index in [0.29, 0.717) is 25.1 Å². The first kappa shape index (κ1) is 14.1. The highest BCUT2D eigenvalue weighted by Crippen LogP contribution is 2.37. The van der Waals surface area contributed by atoms with E-state index in [1.807, 2.05) is 0 Å². The summed E-state index contributed by atoms with van der Waals surface area (Å²) in [4.78, 5) is 8.05. The van der Waals surface area contributed by atoms with E-state index in [4.69, 9.17) is 10.5 Å². The zero-order valence-corrected chi connectivity index (χ0v) is 11.0. The highest BCUT2D eigenvalue weighted by Gasteiger charge is 2.36. The van der Waals surface area contributed by atoms with Gasteiger partial charge in [-0.25, -0.2) is 18.7 Å². The van der Waals surface area contributed by atoms with Crippen molar-refractivity contribution in [1.82, 2.24) is 9.97 Å². The lowest BCUT2D eigenvalue weighted by atomic mass is 9.81. The molecular formula is C13H19F2N3O. The molecule has 1 atom stereocenters. The standard InChI is InChI=1S/C13H19F2N3O/c1-19-12-7-10(17-8-18-12)6-11(16)9-2-4-13(14,15)5-3-9/h7-9,11H,2-6,16H2,1H3. The minimum atomic E-state index is -2.51. The minimum Gasteiger partial charge on any atom is -0.481 e. The summed E-state index contributed by atoms with van der Waals surface area (Å²) < 4.78 is 31.2. The molecule has 2 rings (SSSR count). The summed E-state index contributed by atoms with van der Waals surface area (Å²) in [6.45, 7) is 0. The number of hydrogen-bond donors (Lipinski definition) is 1. The van der Waals surface area contributed by atoms with Crippen LogP contribution >= 0.6 is 0 Å². The molecule has 0 aliphatic heterocycles. The first-order chi connectivity index (χ1) is 9.00. The van der Waals surface area contributed by atoms with E-state index < -0.39 is 5.92 Å². The van der Waals surface area contributed by atoms with Crippen LogP contribution in [0.2, 0.25) is 0 Å². The zero-order chi connectivity index (χ0) is 13.9. The quantitative estimate of drug-likeness (QED) is 0.911. The van der Waals surface area contributed by atoms with Crippen molar-refractivity contribution >= 4 is 0 Å². The monoisotopic (exact) mass is 271 g/mol. The Labute approximate surface area is 111 Å². The molecule has 0 saturated heterocycles. The SMILES string of the molecule is COc1cc(CC(N)C2CCC(F)(F)CC2)ncn1. The lowest BCUT2D eigenvalue weighted by Crippen LogP contribution is -2.37. The number of alkyl halides is 2. The van der Waals surface area contributed by atoms with Gasteiger partial charge in [-0.3, -0.25) is 0 Å². The van der Waals surface area contributed by atoms with Gasteiger partial charge in [0.1, 0.15) is 6.33 Å². The lowest BCUT2D eigenvalue weighted by molar-refractivity contribution is -0.0481. The van der Waals surface area contributed by atoms with Crippen LogP contribution in [0.5, 0.6) is 5.88 Å². The van der Waals surface area contributed by atoms with E-state index in [9.17, 15) is 8.78 Å². The van der Waals surface area contributed by atoms with Crippen molar-refractivity contribution < 1.29 is 13.5 Å². The van der Waals surface area contributed by atoms with Crippen LogP contribution in [-0.2, 0) is 6.42 Å². The van der Waals surface area contributed by atoms with E-state index in [1.54, 1.807) is 6.07 Å². The maximum Gasteiger partial charge on any atom is 0.248 e. The molecular weight excluding hydrogens is 252 g/mol. The van der Waals surface area contributed by atoms with Gasteiger partial charge in [-0.15, -0.1) is 0 Å². The fraction of sp³-hybridized carbons (Fsp3) is 0.692. The van der Waals surface area contributed by atoms with Crippen LogP contribution in [0, 0.1) is 5.92 Å². The molecule has 106 valence electrons. The highest BCUT2D eigenvalue weighted by atomic mass is 19.3. The number of nitrogens with zero attached hydrogens (tertiary/aromatic N) is 2. The number of nitrogens with two attached hydrogens (primary N) is 1. The fourth-order valence-electron chi connectivity index (χ4n) is 2.50. The van der Waals surface area contributed by atoms with Gasteiger partial charge in [0.25, 0.3) is 0 Å². The lowest BCUT2D eigenvalue weighted by Gasteiger charge is -2.31. The molecule has 1 aromatic rings. The van der Waals surface area contributed by atoms with Crippen molar-refractivity contribution in [3.05, 3.63) is 18.1 Å². The molecule has 1 unspecified atom stereocenters. The van der Waals surface area contributed by atoms with E-state index in [-0.39, 0.29) is 24.8 Å². The van der Waals surface area contributed by atoms with Gasteiger partial charge in [0, 0.05) is 37.1 Å². The van der Waals surface area contributed by atoms with Gasteiger partial charge in [-0.2, -0.15) is 0 Å². The normalized spacial score (nSPS) is 21.1. The highest BCUT2D eigenvalue weighted by molar-refractivity contribution is 5.14. The maximum absolute atomic E-state index is 13.1. The summed E-state index contributed by atoms with van der Waals surface area (Å²) in [6, 6.07) is 1.59. The Balaban J connectivity index is 1.92. The predicted molar refractivity (Wildman–Crippen MR) is 67.2 cm³/mol. The molecule has 4 nitrogen and oxygen atoms in total. The molecule has 2 N–H and O–H groups in total. The number of aromatic nitrogens is 2. The van der Waals surface area contributed by atoms with Gasteiger partial charge in [0.15, 0.2) is 0 Å². The molecule has 1 aliphatic carbocycles. The van der Waals surface area contributed by atoms with E-state index in [2.05, 4.69) is 9.97 Å². The van der Waals surface area contributed by atoms with Gasteiger partial charge >= 0.3 is 0 Å². The van der Waals surface area contributed by atoms with Crippen LogP contribution in [0.4, 0.5) is 8.78 Å². The summed E-state index contributed by atoms with van der Waals surface area (Å²) >= 11 is 0. The Hall–Kier alpha value is -1.30. The van der Waals surface area contributed by atoms with Crippen molar-refractivity contribution in [2.24, 2.45) is 11.7 Å². The second-order valence-corrected chi connectivity index (χ2v) is 5.11. The smallest absolute Gasteiger partial charge is 0.248 e. The maximum atomic E-state index is 13.1. The Morgan fingerprint density at radius 3 is 2.74 bits per heavy atom. The molecule has 1 fully saturated rings. The van der Waals surface area contributed by atoms with Crippen molar-refractivity contribution in [2.45, 2.75) is 44.1 Å². The van der Waals surface area contributed by atoms with Crippen molar-refractivity contribution in [3.63, 3.8) is 0 Å². The number of rotatable bonds is 4. The molecule has 1 aromatic heterocycles. The first-order valence-electron chi connectivity index (χ1n) is 6.48.